The molecule has 0 N–H and O–H groups in total. The lowest BCUT2D eigenvalue weighted by Gasteiger charge is -2.16. The van der Waals surface area contributed by atoms with Gasteiger partial charge in [0.2, 0.25) is 0 Å². The standard InChI is InChI=1S/C15H13F4N3O3/c1-24-11-3-2-8(6-10(11)16)13(23)22-5-4-9(7-22)12-20-14(25-21-12)15(17,18)19/h2-3,6,9H,4-5,7H2,1H3. The molecule has 2 aromatic rings. The molecule has 10 heteroatoms. The van der Waals surface area contributed by atoms with E-state index in [9.17, 15) is 22.4 Å². The molecule has 3 rings (SSSR count). The minimum atomic E-state index is -4.71. The number of benzene rings is 1. The quantitative estimate of drug-likeness (QED) is 0.789. The van der Waals surface area contributed by atoms with E-state index in [1.165, 1.54) is 24.1 Å². The lowest BCUT2D eigenvalue weighted by Crippen LogP contribution is -2.28. The Kier molecular flexibility index (Phi) is 4.36. The van der Waals surface area contributed by atoms with Gasteiger partial charge < -0.3 is 14.2 Å². The molecule has 0 bridgehead atoms. The highest BCUT2D eigenvalue weighted by atomic mass is 19.4. The van der Waals surface area contributed by atoms with Crippen molar-refractivity contribution < 1.29 is 31.6 Å². The van der Waals surface area contributed by atoms with Crippen molar-refractivity contribution >= 4 is 5.91 Å². The van der Waals surface area contributed by atoms with Crippen LogP contribution in [0.25, 0.3) is 0 Å². The maximum absolute atomic E-state index is 13.7. The summed E-state index contributed by atoms with van der Waals surface area (Å²) in [6.45, 7) is 0.427. The molecule has 1 aromatic carbocycles. The molecule has 6 nitrogen and oxygen atoms in total. The minimum Gasteiger partial charge on any atom is -0.494 e. The van der Waals surface area contributed by atoms with Crippen LogP contribution in [0.4, 0.5) is 17.6 Å². The molecule has 1 aromatic heterocycles. The van der Waals surface area contributed by atoms with Gasteiger partial charge in [0.25, 0.3) is 5.91 Å². The third-order valence-electron chi connectivity index (χ3n) is 3.92. The monoisotopic (exact) mass is 359 g/mol. The van der Waals surface area contributed by atoms with Crippen LogP contribution in [0.5, 0.6) is 5.75 Å². The zero-order valence-electron chi connectivity index (χ0n) is 13.0. The van der Waals surface area contributed by atoms with Crippen molar-refractivity contribution in [3.8, 4) is 5.75 Å². The van der Waals surface area contributed by atoms with Gasteiger partial charge in [-0.25, -0.2) is 4.39 Å². The molecule has 1 atom stereocenters. The highest BCUT2D eigenvalue weighted by Crippen LogP contribution is 2.31. The van der Waals surface area contributed by atoms with E-state index in [-0.39, 0.29) is 23.7 Å². The van der Waals surface area contributed by atoms with Crippen LogP contribution in [0.3, 0.4) is 0 Å². The van der Waals surface area contributed by atoms with Gasteiger partial charge in [-0.3, -0.25) is 4.79 Å². The SMILES string of the molecule is COc1ccc(C(=O)N2CCC(c3noc(C(F)(F)F)n3)C2)cc1F. The molecular formula is C15H13F4N3O3. The highest BCUT2D eigenvalue weighted by molar-refractivity contribution is 5.94. The van der Waals surface area contributed by atoms with E-state index in [1.54, 1.807) is 0 Å². The van der Waals surface area contributed by atoms with Crippen molar-refractivity contribution in [1.82, 2.24) is 15.0 Å². The van der Waals surface area contributed by atoms with Gasteiger partial charge in [-0.1, -0.05) is 5.16 Å². The second kappa shape index (κ2) is 6.34. The fourth-order valence-corrected chi connectivity index (χ4v) is 2.65. The number of carbonyl (C=O) groups is 1. The summed E-state index contributed by atoms with van der Waals surface area (Å²) in [6, 6.07) is 3.82. The van der Waals surface area contributed by atoms with Crippen LogP contribution in [0.2, 0.25) is 0 Å². The number of hydrogen-bond acceptors (Lipinski definition) is 5. The van der Waals surface area contributed by atoms with Crippen LogP contribution in [-0.2, 0) is 6.18 Å². The number of alkyl halides is 3. The summed E-state index contributed by atoms with van der Waals surface area (Å²) in [6.07, 6.45) is -4.32. The lowest BCUT2D eigenvalue weighted by molar-refractivity contribution is -0.159. The Balaban J connectivity index is 1.71. The molecule has 1 fully saturated rings. The predicted octanol–water partition coefficient (Wildman–Crippen LogP) is 2.87. The van der Waals surface area contributed by atoms with Crippen LogP contribution in [0, 0.1) is 5.82 Å². The third kappa shape index (κ3) is 3.42. The van der Waals surface area contributed by atoms with E-state index in [2.05, 4.69) is 14.7 Å². The van der Waals surface area contributed by atoms with Crippen LogP contribution in [0.15, 0.2) is 22.7 Å². The molecule has 0 radical (unpaired) electrons. The summed E-state index contributed by atoms with van der Waals surface area (Å²) < 4.78 is 60.2. The van der Waals surface area contributed by atoms with Gasteiger partial charge in [0.1, 0.15) is 0 Å². The number of amides is 1. The second-order valence-corrected chi connectivity index (χ2v) is 5.54. The number of aromatic nitrogens is 2. The fourth-order valence-electron chi connectivity index (χ4n) is 2.65. The van der Waals surface area contributed by atoms with E-state index in [4.69, 9.17) is 4.74 Å². The maximum atomic E-state index is 13.7. The average molecular weight is 359 g/mol. The molecule has 0 spiro atoms. The molecule has 1 saturated heterocycles. The second-order valence-electron chi connectivity index (χ2n) is 5.54. The van der Waals surface area contributed by atoms with Crippen LogP contribution in [0.1, 0.15) is 34.4 Å². The Morgan fingerprint density at radius 2 is 2.16 bits per heavy atom. The van der Waals surface area contributed by atoms with Crippen LogP contribution < -0.4 is 4.74 Å². The molecule has 1 unspecified atom stereocenters. The van der Waals surface area contributed by atoms with E-state index >= 15 is 0 Å². The van der Waals surface area contributed by atoms with Crippen molar-refractivity contribution in [2.45, 2.75) is 18.5 Å². The van der Waals surface area contributed by atoms with Gasteiger partial charge in [-0.15, -0.1) is 0 Å². The molecule has 1 amide bonds. The first-order chi connectivity index (χ1) is 11.8. The first-order valence-electron chi connectivity index (χ1n) is 7.33. The Labute approximate surface area is 139 Å². The molecule has 134 valence electrons. The molecule has 1 aliphatic heterocycles. The summed E-state index contributed by atoms with van der Waals surface area (Å²) in [5.74, 6) is -3.05. The number of ether oxygens (including phenoxy) is 1. The number of halogens is 4. The Morgan fingerprint density at radius 1 is 1.40 bits per heavy atom. The van der Waals surface area contributed by atoms with Gasteiger partial charge in [-0.2, -0.15) is 18.2 Å². The van der Waals surface area contributed by atoms with Crippen LogP contribution >= 0.6 is 0 Å². The van der Waals surface area contributed by atoms with Gasteiger partial charge in [0, 0.05) is 24.6 Å². The molecule has 2 heterocycles. The average Bonchev–Trinajstić information content (AvgIpc) is 3.22. The Morgan fingerprint density at radius 3 is 2.76 bits per heavy atom. The topological polar surface area (TPSA) is 68.5 Å². The van der Waals surface area contributed by atoms with Crippen molar-refractivity contribution in [2.75, 3.05) is 20.2 Å². The Bertz CT molecular complexity index is 791. The summed E-state index contributed by atoms with van der Waals surface area (Å²) in [5, 5.41) is 3.35. The van der Waals surface area contributed by atoms with Gasteiger partial charge in [-0.05, 0) is 24.6 Å². The smallest absolute Gasteiger partial charge is 0.471 e. The number of likely N-dealkylation sites (tertiary alicyclic amines) is 1. The Hall–Kier alpha value is -2.65. The van der Waals surface area contributed by atoms with Gasteiger partial charge in [0.15, 0.2) is 17.4 Å². The van der Waals surface area contributed by atoms with Crippen molar-refractivity contribution in [2.24, 2.45) is 0 Å². The van der Waals surface area contributed by atoms with Crippen molar-refractivity contribution in [1.29, 1.82) is 0 Å². The normalized spacial score (nSPS) is 17.8. The summed E-state index contributed by atoms with van der Waals surface area (Å²) in [5.41, 5.74) is 0.128. The lowest BCUT2D eigenvalue weighted by atomic mass is 10.1. The highest BCUT2D eigenvalue weighted by Gasteiger charge is 2.40. The zero-order chi connectivity index (χ0) is 18.2. The summed E-state index contributed by atoms with van der Waals surface area (Å²) in [7, 11) is 1.31. The van der Waals surface area contributed by atoms with Gasteiger partial charge >= 0.3 is 12.1 Å². The minimum absolute atomic E-state index is 0.0160. The van der Waals surface area contributed by atoms with E-state index < -0.39 is 29.7 Å². The largest absolute Gasteiger partial charge is 0.494 e. The molecule has 0 aliphatic carbocycles. The van der Waals surface area contributed by atoms with E-state index in [1.807, 2.05) is 0 Å². The summed E-state index contributed by atoms with van der Waals surface area (Å²) >= 11 is 0. The van der Waals surface area contributed by atoms with E-state index in [0.29, 0.717) is 13.0 Å². The third-order valence-corrected chi connectivity index (χ3v) is 3.92. The molecule has 25 heavy (non-hydrogen) atoms. The predicted molar refractivity (Wildman–Crippen MR) is 75.5 cm³/mol. The van der Waals surface area contributed by atoms with Gasteiger partial charge in [0.05, 0.1) is 7.11 Å². The first-order valence-corrected chi connectivity index (χ1v) is 7.33. The number of methoxy groups -OCH3 is 1. The zero-order valence-corrected chi connectivity index (χ0v) is 13.0. The van der Waals surface area contributed by atoms with Crippen LogP contribution in [-0.4, -0.2) is 41.1 Å². The molecular weight excluding hydrogens is 346 g/mol. The molecule has 1 aliphatic rings. The number of nitrogens with zero attached hydrogens (tertiary/aromatic N) is 3. The number of rotatable bonds is 3. The van der Waals surface area contributed by atoms with Crippen molar-refractivity contribution in [3.63, 3.8) is 0 Å². The summed E-state index contributed by atoms with van der Waals surface area (Å²) in [4.78, 5) is 17.2. The first kappa shape index (κ1) is 17.2. The molecule has 0 saturated carbocycles. The van der Waals surface area contributed by atoms with Crippen molar-refractivity contribution in [3.05, 3.63) is 41.3 Å². The van der Waals surface area contributed by atoms with E-state index in [0.717, 1.165) is 6.07 Å². The fraction of sp³-hybridized carbons (Fsp3) is 0.400. The number of carbonyl (C=O) groups excluding carboxylic acids is 1. The maximum Gasteiger partial charge on any atom is 0.471 e. The number of hydrogen-bond donors (Lipinski definition) is 0.